The molecular weight excluding hydrogens is 280 g/mol. The largest absolute Gasteiger partial charge is 0.481 e. The van der Waals surface area contributed by atoms with E-state index in [2.05, 4.69) is 20.9 Å². The lowest BCUT2D eigenvalue weighted by Gasteiger charge is -2.08. The third kappa shape index (κ3) is 2.65. The van der Waals surface area contributed by atoms with Gasteiger partial charge < -0.3 is 10.5 Å². The predicted molar refractivity (Wildman–Crippen MR) is 71.8 cm³/mol. The number of hydrogen-bond acceptors (Lipinski definition) is 3. The summed E-state index contributed by atoms with van der Waals surface area (Å²) in [4.78, 5) is 4.25. The van der Waals surface area contributed by atoms with Gasteiger partial charge in [-0.1, -0.05) is 28.1 Å². The maximum Gasteiger partial charge on any atom is 0.217 e. The minimum Gasteiger partial charge on any atom is -0.481 e. The lowest BCUT2D eigenvalue weighted by atomic mass is 10.1. The number of pyridine rings is 1. The van der Waals surface area contributed by atoms with Gasteiger partial charge in [0.2, 0.25) is 5.88 Å². The number of hydrogen-bond donors (Lipinski definition) is 1. The second-order valence-electron chi connectivity index (χ2n) is 3.60. The van der Waals surface area contributed by atoms with E-state index in [1.807, 2.05) is 30.3 Å². The molecule has 0 bridgehead atoms. The van der Waals surface area contributed by atoms with Gasteiger partial charge in [-0.3, -0.25) is 0 Å². The molecule has 1 aromatic carbocycles. The molecule has 0 aliphatic rings. The van der Waals surface area contributed by atoms with Gasteiger partial charge in [0.15, 0.2) is 0 Å². The molecule has 0 fully saturated rings. The average molecular weight is 293 g/mol. The van der Waals surface area contributed by atoms with Crippen LogP contribution in [0.5, 0.6) is 5.88 Å². The second kappa shape index (κ2) is 5.29. The molecule has 2 aromatic rings. The predicted octanol–water partition coefficient (Wildman–Crippen LogP) is 2.98. The summed E-state index contributed by atoms with van der Waals surface area (Å²) < 4.78 is 6.20. The van der Waals surface area contributed by atoms with E-state index in [-0.39, 0.29) is 0 Å². The summed E-state index contributed by atoms with van der Waals surface area (Å²) in [5.74, 6) is 0.591. The molecule has 2 N–H and O–H groups in total. The summed E-state index contributed by atoms with van der Waals surface area (Å²) >= 11 is 3.41. The van der Waals surface area contributed by atoms with Crippen molar-refractivity contribution in [3.05, 3.63) is 46.6 Å². The first-order chi connectivity index (χ1) is 8.24. The lowest BCUT2D eigenvalue weighted by Crippen LogP contribution is -2.01. The highest BCUT2D eigenvalue weighted by Crippen LogP contribution is 2.25. The molecule has 4 heteroatoms. The third-order valence-corrected chi connectivity index (χ3v) is 3.04. The second-order valence-corrected chi connectivity index (χ2v) is 4.52. The molecule has 1 aromatic heterocycles. The maximum atomic E-state index is 5.67. The van der Waals surface area contributed by atoms with Crippen molar-refractivity contribution in [2.45, 2.75) is 6.54 Å². The summed E-state index contributed by atoms with van der Waals surface area (Å²) in [6.07, 6.45) is 1.79. The van der Waals surface area contributed by atoms with Crippen LogP contribution < -0.4 is 10.5 Å². The molecule has 88 valence electrons. The van der Waals surface area contributed by atoms with Crippen molar-refractivity contribution in [2.75, 3.05) is 7.11 Å². The summed E-state index contributed by atoms with van der Waals surface area (Å²) in [7, 11) is 1.60. The van der Waals surface area contributed by atoms with E-state index in [4.69, 9.17) is 10.5 Å². The highest BCUT2D eigenvalue weighted by molar-refractivity contribution is 9.10. The van der Waals surface area contributed by atoms with Crippen LogP contribution in [0.25, 0.3) is 11.1 Å². The summed E-state index contributed by atoms with van der Waals surface area (Å²) in [6.45, 7) is 0.417. The van der Waals surface area contributed by atoms with Gasteiger partial charge >= 0.3 is 0 Å². The van der Waals surface area contributed by atoms with Crippen LogP contribution in [-0.2, 0) is 6.54 Å². The molecule has 0 aliphatic heterocycles. The fraction of sp³-hybridized carbons (Fsp3) is 0.154. The molecule has 0 spiro atoms. The zero-order chi connectivity index (χ0) is 12.3. The fourth-order valence-electron chi connectivity index (χ4n) is 1.63. The van der Waals surface area contributed by atoms with Crippen LogP contribution in [0.3, 0.4) is 0 Å². The Morgan fingerprint density at radius 2 is 1.94 bits per heavy atom. The highest BCUT2D eigenvalue weighted by Gasteiger charge is 2.05. The summed E-state index contributed by atoms with van der Waals surface area (Å²) in [5.41, 5.74) is 8.73. The highest BCUT2D eigenvalue weighted by atomic mass is 79.9. The Labute approximate surface area is 109 Å². The molecule has 3 nitrogen and oxygen atoms in total. The van der Waals surface area contributed by atoms with E-state index in [9.17, 15) is 0 Å². The van der Waals surface area contributed by atoms with E-state index in [1.54, 1.807) is 13.3 Å². The lowest BCUT2D eigenvalue weighted by molar-refractivity contribution is 0.393. The Kier molecular flexibility index (Phi) is 3.76. The van der Waals surface area contributed by atoms with E-state index < -0.39 is 0 Å². The first kappa shape index (κ1) is 12.1. The normalized spacial score (nSPS) is 10.3. The van der Waals surface area contributed by atoms with Crippen molar-refractivity contribution in [3.63, 3.8) is 0 Å². The van der Waals surface area contributed by atoms with E-state index >= 15 is 0 Å². The van der Waals surface area contributed by atoms with Crippen molar-refractivity contribution < 1.29 is 4.74 Å². The number of nitrogens with zero attached hydrogens (tertiary/aromatic N) is 1. The Balaban J connectivity index is 2.42. The van der Waals surface area contributed by atoms with Crippen LogP contribution in [0.1, 0.15) is 5.56 Å². The number of methoxy groups -OCH3 is 1. The molecule has 0 saturated carbocycles. The van der Waals surface area contributed by atoms with E-state index in [0.29, 0.717) is 12.4 Å². The monoisotopic (exact) mass is 292 g/mol. The van der Waals surface area contributed by atoms with E-state index in [0.717, 1.165) is 21.2 Å². The topological polar surface area (TPSA) is 48.1 Å². The zero-order valence-electron chi connectivity index (χ0n) is 9.48. The van der Waals surface area contributed by atoms with E-state index in [1.165, 1.54) is 0 Å². The number of nitrogens with two attached hydrogens (primary N) is 1. The summed E-state index contributed by atoms with van der Waals surface area (Å²) in [6, 6.07) is 10.1. The van der Waals surface area contributed by atoms with Crippen molar-refractivity contribution in [1.82, 2.24) is 4.98 Å². The van der Waals surface area contributed by atoms with Crippen LogP contribution >= 0.6 is 15.9 Å². The Morgan fingerprint density at radius 3 is 2.53 bits per heavy atom. The van der Waals surface area contributed by atoms with Crippen molar-refractivity contribution in [1.29, 1.82) is 0 Å². The van der Waals surface area contributed by atoms with Gasteiger partial charge in [0.05, 0.1) is 7.11 Å². The number of benzene rings is 1. The fourth-order valence-corrected chi connectivity index (χ4v) is 1.89. The minimum atomic E-state index is 0.417. The number of rotatable bonds is 3. The van der Waals surface area contributed by atoms with Gasteiger partial charge in [-0.05, 0) is 23.8 Å². The zero-order valence-corrected chi connectivity index (χ0v) is 11.1. The molecule has 1 heterocycles. The van der Waals surface area contributed by atoms with Gasteiger partial charge in [0, 0.05) is 28.3 Å². The molecule has 0 radical (unpaired) electrons. The molecule has 0 saturated heterocycles. The SMILES string of the molecule is COc1ncc(-c2ccc(Br)cc2)cc1CN. The van der Waals surface area contributed by atoms with Gasteiger partial charge in [-0.15, -0.1) is 0 Å². The Hall–Kier alpha value is -1.39. The molecule has 2 rings (SSSR count). The molecule has 17 heavy (non-hydrogen) atoms. The maximum absolute atomic E-state index is 5.67. The molecule has 0 unspecified atom stereocenters. The Bertz CT molecular complexity index is 511. The summed E-state index contributed by atoms with van der Waals surface area (Å²) in [5, 5.41) is 0. The van der Waals surface area contributed by atoms with Gasteiger partial charge in [-0.25, -0.2) is 4.98 Å². The van der Waals surface area contributed by atoms with Crippen LogP contribution in [0, 0.1) is 0 Å². The molecule has 0 aliphatic carbocycles. The molecular formula is C13H13BrN2O. The van der Waals surface area contributed by atoms with Crippen molar-refractivity contribution in [2.24, 2.45) is 5.73 Å². The average Bonchev–Trinajstić information content (AvgIpc) is 2.39. The first-order valence-corrected chi connectivity index (χ1v) is 6.03. The van der Waals surface area contributed by atoms with Crippen LogP contribution in [0.2, 0.25) is 0 Å². The smallest absolute Gasteiger partial charge is 0.217 e. The number of halogens is 1. The number of ether oxygens (including phenoxy) is 1. The first-order valence-electron chi connectivity index (χ1n) is 5.23. The Morgan fingerprint density at radius 1 is 1.24 bits per heavy atom. The molecule has 0 amide bonds. The van der Waals surface area contributed by atoms with Crippen LogP contribution in [0.4, 0.5) is 0 Å². The van der Waals surface area contributed by atoms with Gasteiger partial charge in [-0.2, -0.15) is 0 Å². The molecule has 0 atom stereocenters. The third-order valence-electron chi connectivity index (χ3n) is 2.52. The van der Waals surface area contributed by atoms with Gasteiger partial charge in [0.25, 0.3) is 0 Å². The van der Waals surface area contributed by atoms with Crippen LogP contribution in [0.15, 0.2) is 41.0 Å². The van der Waals surface area contributed by atoms with Crippen LogP contribution in [-0.4, -0.2) is 12.1 Å². The standard InChI is InChI=1S/C13H13BrN2O/c1-17-13-10(7-15)6-11(8-16-13)9-2-4-12(14)5-3-9/h2-6,8H,7,15H2,1H3. The van der Waals surface area contributed by atoms with Crippen molar-refractivity contribution in [3.8, 4) is 17.0 Å². The minimum absolute atomic E-state index is 0.417. The van der Waals surface area contributed by atoms with Gasteiger partial charge in [0.1, 0.15) is 0 Å². The van der Waals surface area contributed by atoms with Crippen molar-refractivity contribution >= 4 is 15.9 Å². The quantitative estimate of drug-likeness (QED) is 0.946. The number of aromatic nitrogens is 1.